The highest BCUT2D eigenvalue weighted by Gasteiger charge is 2.21. The fourth-order valence-corrected chi connectivity index (χ4v) is 2.26. The first-order valence-corrected chi connectivity index (χ1v) is 6.33. The van der Waals surface area contributed by atoms with Gasteiger partial charge in [0.15, 0.2) is 5.78 Å². The highest BCUT2D eigenvalue weighted by molar-refractivity contribution is 6.00. The lowest BCUT2D eigenvalue weighted by atomic mass is 9.88. The minimum absolute atomic E-state index is 0.0276. The van der Waals surface area contributed by atoms with Crippen LogP contribution in [0, 0.1) is 26.7 Å². The number of hydrogen-bond acceptors (Lipinski definition) is 3. The van der Waals surface area contributed by atoms with Crippen LogP contribution in [-0.2, 0) is 0 Å². The van der Waals surface area contributed by atoms with Crippen LogP contribution in [0.5, 0.6) is 5.75 Å². The summed E-state index contributed by atoms with van der Waals surface area (Å²) in [6, 6.07) is 1.94. The van der Waals surface area contributed by atoms with Crippen LogP contribution in [0.15, 0.2) is 6.07 Å². The van der Waals surface area contributed by atoms with Crippen LogP contribution < -0.4 is 10.5 Å². The molecule has 1 aromatic carbocycles. The number of carbonyl (C=O) groups excluding carboxylic acids is 1. The molecule has 0 aliphatic heterocycles. The van der Waals surface area contributed by atoms with Crippen molar-refractivity contribution in [3.05, 3.63) is 28.3 Å². The molecule has 3 heteroatoms. The molecular weight excluding hydrogens is 226 g/mol. The van der Waals surface area contributed by atoms with E-state index in [1.165, 1.54) is 0 Å². The van der Waals surface area contributed by atoms with Gasteiger partial charge in [-0.05, 0) is 56.5 Å². The lowest BCUT2D eigenvalue weighted by Crippen LogP contribution is -2.18. The van der Waals surface area contributed by atoms with Crippen LogP contribution in [0.3, 0.4) is 0 Å². The number of ether oxygens (including phenoxy) is 1. The van der Waals surface area contributed by atoms with Crippen LogP contribution in [0.1, 0.15) is 40.4 Å². The topological polar surface area (TPSA) is 52.3 Å². The van der Waals surface area contributed by atoms with Crippen LogP contribution in [0.4, 0.5) is 0 Å². The number of methoxy groups -OCH3 is 1. The number of ketones is 1. The molecule has 1 rings (SSSR count). The van der Waals surface area contributed by atoms with E-state index in [0.29, 0.717) is 6.54 Å². The van der Waals surface area contributed by atoms with Crippen LogP contribution in [0.2, 0.25) is 0 Å². The largest absolute Gasteiger partial charge is 0.496 e. The molecular formula is C15H23NO2. The normalized spacial score (nSPS) is 12.3. The van der Waals surface area contributed by atoms with E-state index in [0.717, 1.165) is 34.4 Å². The second kappa shape index (κ2) is 6.01. The predicted octanol–water partition coefficient (Wildman–Crippen LogP) is 2.79. The predicted molar refractivity (Wildman–Crippen MR) is 74.4 cm³/mol. The Bertz CT molecular complexity index is 452. The Morgan fingerprint density at radius 1 is 1.33 bits per heavy atom. The zero-order valence-corrected chi connectivity index (χ0v) is 12.0. The minimum Gasteiger partial charge on any atom is -0.496 e. The Hall–Kier alpha value is -1.35. The third kappa shape index (κ3) is 2.72. The van der Waals surface area contributed by atoms with E-state index in [-0.39, 0.29) is 11.7 Å². The first kappa shape index (κ1) is 14.7. The molecule has 0 saturated carbocycles. The summed E-state index contributed by atoms with van der Waals surface area (Å²) in [5.74, 6) is 0.995. The summed E-state index contributed by atoms with van der Waals surface area (Å²) in [6.07, 6.45) is 0.725. The van der Waals surface area contributed by atoms with E-state index < -0.39 is 0 Å². The molecule has 2 N–H and O–H groups in total. The number of aryl methyl sites for hydroxylation is 1. The first-order chi connectivity index (χ1) is 8.43. The molecule has 1 atom stereocenters. The van der Waals surface area contributed by atoms with E-state index >= 15 is 0 Å². The number of benzene rings is 1. The molecule has 0 radical (unpaired) electrons. The van der Waals surface area contributed by atoms with Gasteiger partial charge in [0.1, 0.15) is 5.75 Å². The Morgan fingerprint density at radius 2 is 1.94 bits per heavy atom. The number of rotatable bonds is 5. The van der Waals surface area contributed by atoms with Gasteiger partial charge >= 0.3 is 0 Å². The third-order valence-electron chi connectivity index (χ3n) is 3.56. The average Bonchev–Trinajstić information content (AvgIpc) is 2.34. The van der Waals surface area contributed by atoms with E-state index in [1.54, 1.807) is 7.11 Å². The summed E-state index contributed by atoms with van der Waals surface area (Å²) in [4.78, 5) is 12.4. The van der Waals surface area contributed by atoms with E-state index in [9.17, 15) is 4.79 Å². The molecule has 1 aromatic rings. The lowest BCUT2D eigenvalue weighted by molar-refractivity contribution is 0.0924. The van der Waals surface area contributed by atoms with Crippen molar-refractivity contribution >= 4 is 5.78 Å². The Kier molecular flexibility index (Phi) is 4.91. The van der Waals surface area contributed by atoms with Gasteiger partial charge < -0.3 is 10.5 Å². The van der Waals surface area contributed by atoms with Crippen molar-refractivity contribution in [2.45, 2.75) is 34.1 Å². The minimum atomic E-state index is -0.0276. The van der Waals surface area contributed by atoms with Gasteiger partial charge in [-0.1, -0.05) is 6.92 Å². The molecule has 0 saturated heterocycles. The summed E-state index contributed by atoms with van der Waals surface area (Å²) in [6.45, 7) is 8.40. The zero-order chi connectivity index (χ0) is 13.9. The van der Waals surface area contributed by atoms with Crippen molar-refractivity contribution in [3.8, 4) is 5.75 Å². The standard InChI is InChI=1S/C15H23NO2/c1-9(6-7-16)15(17)14-10(2)8-13(18-5)11(3)12(14)4/h8-9H,6-7,16H2,1-5H3. The van der Waals surface area contributed by atoms with E-state index in [1.807, 2.05) is 33.8 Å². The van der Waals surface area contributed by atoms with Gasteiger partial charge in [0.25, 0.3) is 0 Å². The molecule has 0 aliphatic carbocycles. The van der Waals surface area contributed by atoms with Crippen LogP contribution >= 0.6 is 0 Å². The SMILES string of the molecule is COc1cc(C)c(C(=O)C(C)CCN)c(C)c1C. The third-order valence-corrected chi connectivity index (χ3v) is 3.56. The highest BCUT2D eigenvalue weighted by Crippen LogP contribution is 2.29. The van der Waals surface area contributed by atoms with Crippen molar-refractivity contribution in [2.24, 2.45) is 11.7 Å². The Morgan fingerprint density at radius 3 is 2.44 bits per heavy atom. The molecule has 0 amide bonds. The Labute approximate surface area is 109 Å². The molecule has 0 fully saturated rings. The first-order valence-electron chi connectivity index (χ1n) is 6.33. The summed E-state index contributed by atoms with van der Waals surface area (Å²) in [5.41, 5.74) is 9.38. The van der Waals surface area contributed by atoms with Gasteiger partial charge in [-0.15, -0.1) is 0 Å². The van der Waals surface area contributed by atoms with Crippen LogP contribution in [0.25, 0.3) is 0 Å². The molecule has 0 bridgehead atoms. The Balaban J connectivity index is 3.25. The molecule has 100 valence electrons. The van der Waals surface area contributed by atoms with Gasteiger partial charge in [0.05, 0.1) is 7.11 Å². The van der Waals surface area contributed by atoms with Gasteiger partial charge in [0.2, 0.25) is 0 Å². The molecule has 18 heavy (non-hydrogen) atoms. The second-order valence-corrected chi connectivity index (χ2v) is 4.86. The number of carbonyl (C=O) groups is 1. The van der Waals surface area contributed by atoms with Crippen LogP contribution in [-0.4, -0.2) is 19.4 Å². The summed E-state index contributed by atoms with van der Waals surface area (Å²) in [5, 5.41) is 0. The van der Waals surface area contributed by atoms with E-state index in [2.05, 4.69) is 0 Å². The number of hydrogen-bond donors (Lipinski definition) is 1. The van der Waals surface area contributed by atoms with Crippen molar-refractivity contribution in [2.75, 3.05) is 13.7 Å². The fourth-order valence-electron chi connectivity index (χ4n) is 2.26. The van der Waals surface area contributed by atoms with Gasteiger partial charge in [-0.2, -0.15) is 0 Å². The van der Waals surface area contributed by atoms with Crippen molar-refractivity contribution in [1.82, 2.24) is 0 Å². The van der Waals surface area contributed by atoms with Crippen molar-refractivity contribution in [1.29, 1.82) is 0 Å². The molecule has 1 unspecified atom stereocenters. The quantitative estimate of drug-likeness (QED) is 0.816. The molecule has 3 nitrogen and oxygen atoms in total. The second-order valence-electron chi connectivity index (χ2n) is 4.86. The van der Waals surface area contributed by atoms with Crippen molar-refractivity contribution in [3.63, 3.8) is 0 Å². The van der Waals surface area contributed by atoms with Crippen molar-refractivity contribution < 1.29 is 9.53 Å². The summed E-state index contributed by atoms with van der Waals surface area (Å²) < 4.78 is 5.32. The average molecular weight is 249 g/mol. The lowest BCUT2D eigenvalue weighted by Gasteiger charge is -2.17. The highest BCUT2D eigenvalue weighted by atomic mass is 16.5. The van der Waals surface area contributed by atoms with Gasteiger partial charge in [-0.25, -0.2) is 0 Å². The smallest absolute Gasteiger partial charge is 0.166 e. The molecule has 0 aliphatic rings. The number of nitrogens with two attached hydrogens (primary N) is 1. The van der Waals surface area contributed by atoms with Gasteiger partial charge in [-0.3, -0.25) is 4.79 Å². The molecule has 0 spiro atoms. The molecule has 0 aromatic heterocycles. The fraction of sp³-hybridized carbons (Fsp3) is 0.533. The molecule has 0 heterocycles. The summed E-state index contributed by atoms with van der Waals surface area (Å²) >= 11 is 0. The number of Topliss-reactive ketones (excluding diaryl/α,β-unsaturated/α-hetero) is 1. The monoisotopic (exact) mass is 249 g/mol. The maximum atomic E-state index is 12.4. The maximum absolute atomic E-state index is 12.4. The maximum Gasteiger partial charge on any atom is 0.166 e. The van der Waals surface area contributed by atoms with Gasteiger partial charge in [0, 0.05) is 11.5 Å². The zero-order valence-electron chi connectivity index (χ0n) is 12.0. The van der Waals surface area contributed by atoms with E-state index in [4.69, 9.17) is 10.5 Å². The summed E-state index contributed by atoms with van der Waals surface area (Å²) in [7, 11) is 1.65.